The SMILES string of the molecule is O=C(O)CCC(=O)N1CCNC(c2ccccc2)C1. The van der Waals surface area contributed by atoms with Gasteiger partial charge < -0.3 is 15.3 Å². The lowest BCUT2D eigenvalue weighted by molar-refractivity contribution is -0.141. The van der Waals surface area contributed by atoms with E-state index in [4.69, 9.17) is 5.11 Å². The summed E-state index contributed by atoms with van der Waals surface area (Å²) in [5.74, 6) is -1.01. The minimum atomic E-state index is -0.928. The second-order valence-corrected chi connectivity index (χ2v) is 4.65. The molecular weight excluding hydrogens is 244 g/mol. The van der Waals surface area contributed by atoms with E-state index in [9.17, 15) is 9.59 Å². The van der Waals surface area contributed by atoms with Crippen LogP contribution < -0.4 is 5.32 Å². The van der Waals surface area contributed by atoms with Crippen molar-refractivity contribution in [2.75, 3.05) is 19.6 Å². The van der Waals surface area contributed by atoms with E-state index < -0.39 is 5.97 Å². The molecule has 0 radical (unpaired) electrons. The molecule has 1 aromatic carbocycles. The first-order valence-corrected chi connectivity index (χ1v) is 6.44. The summed E-state index contributed by atoms with van der Waals surface area (Å²) in [4.78, 5) is 24.2. The topological polar surface area (TPSA) is 69.6 Å². The molecule has 0 spiro atoms. The number of aliphatic carboxylic acids is 1. The molecule has 0 aliphatic carbocycles. The van der Waals surface area contributed by atoms with Crippen LogP contribution in [0.4, 0.5) is 0 Å². The number of carbonyl (C=O) groups excluding carboxylic acids is 1. The molecule has 0 aromatic heterocycles. The monoisotopic (exact) mass is 262 g/mol. The third-order valence-electron chi connectivity index (χ3n) is 3.28. The zero-order valence-electron chi connectivity index (χ0n) is 10.7. The lowest BCUT2D eigenvalue weighted by Crippen LogP contribution is -2.48. The maximum absolute atomic E-state index is 11.9. The Morgan fingerprint density at radius 3 is 2.68 bits per heavy atom. The standard InChI is InChI=1S/C14H18N2O3/c17-13(6-7-14(18)19)16-9-8-15-12(10-16)11-4-2-1-3-5-11/h1-5,12,15H,6-10H2,(H,18,19). The Hall–Kier alpha value is -1.88. The van der Waals surface area contributed by atoms with Crippen molar-refractivity contribution < 1.29 is 14.7 Å². The highest BCUT2D eigenvalue weighted by atomic mass is 16.4. The molecule has 1 aliphatic heterocycles. The minimum Gasteiger partial charge on any atom is -0.481 e. The zero-order valence-corrected chi connectivity index (χ0v) is 10.7. The normalized spacial score (nSPS) is 19.2. The fourth-order valence-electron chi connectivity index (χ4n) is 2.26. The van der Waals surface area contributed by atoms with Gasteiger partial charge >= 0.3 is 5.97 Å². The van der Waals surface area contributed by atoms with Crippen molar-refractivity contribution in [3.8, 4) is 0 Å². The van der Waals surface area contributed by atoms with Crippen LogP contribution in [0.5, 0.6) is 0 Å². The van der Waals surface area contributed by atoms with Gasteiger partial charge in [-0.05, 0) is 5.56 Å². The molecule has 1 aromatic rings. The molecule has 5 heteroatoms. The smallest absolute Gasteiger partial charge is 0.303 e. The molecule has 1 unspecified atom stereocenters. The molecule has 1 amide bonds. The van der Waals surface area contributed by atoms with Gasteiger partial charge in [-0.1, -0.05) is 30.3 Å². The van der Waals surface area contributed by atoms with E-state index >= 15 is 0 Å². The third kappa shape index (κ3) is 3.79. The largest absolute Gasteiger partial charge is 0.481 e. The number of carbonyl (C=O) groups is 2. The van der Waals surface area contributed by atoms with E-state index in [1.54, 1.807) is 4.90 Å². The summed E-state index contributed by atoms with van der Waals surface area (Å²) < 4.78 is 0. The van der Waals surface area contributed by atoms with Crippen molar-refractivity contribution in [1.82, 2.24) is 10.2 Å². The van der Waals surface area contributed by atoms with Crippen LogP contribution in [0.25, 0.3) is 0 Å². The first-order valence-electron chi connectivity index (χ1n) is 6.44. The molecule has 2 N–H and O–H groups in total. The summed E-state index contributed by atoms with van der Waals surface area (Å²) in [7, 11) is 0. The van der Waals surface area contributed by atoms with Crippen LogP contribution in [-0.4, -0.2) is 41.5 Å². The second kappa shape index (κ2) is 6.33. The van der Waals surface area contributed by atoms with Crippen LogP contribution >= 0.6 is 0 Å². The van der Waals surface area contributed by atoms with Gasteiger partial charge in [0.25, 0.3) is 0 Å². The molecule has 102 valence electrons. The van der Waals surface area contributed by atoms with Crippen LogP contribution in [-0.2, 0) is 9.59 Å². The highest BCUT2D eigenvalue weighted by molar-refractivity contribution is 5.80. The summed E-state index contributed by atoms with van der Waals surface area (Å²) in [6.07, 6.45) is -0.0182. The summed E-state index contributed by atoms with van der Waals surface area (Å²) in [6, 6.07) is 10.1. The van der Waals surface area contributed by atoms with E-state index in [1.165, 1.54) is 0 Å². The molecule has 0 saturated carbocycles. The van der Waals surface area contributed by atoms with E-state index in [0.717, 1.165) is 12.1 Å². The molecule has 1 atom stereocenters. The Kier molecular flexibility index (Phi) is 4.52. The molecule has 1 fully saturated rings. The van der Waals surface area contributed by atoms with Gasteiger partial charge in [0, 0.05) is 32.1 Å². The van der Waals surface area contributed by atoms with Gasteiger partial charge in [-0.2, -0.15) is 0 Å². The number of nitrogens with zero attached hydrogens (tertiary/aromatic N) is 1. The van der Waals surface area contributed by atoms with Crippen molar-refractivity contribution in [3.05, 3.63) is 35.9 Å². The average Bonchev–Trinajstić information content (AvgIpc) is 2.46. The van der Waals surface area contributed by atoms with Gasteiger partial charge in [0.1, 0.15) is 0 Å². The van der Waals surface area contributed by atoms with Crippen LogP contribution in [0.2, 0.25) is 0 Å². The number of hydrogen-bond acceptors (Lipinski definition) is 3. The van der Waals surface area contributed by atoms with Crippen molar-refractivity contribution in [1.29, 1.82) is 0 Å². The van der Waals surface area contributed by atoms with Crippen LogP contribution in [0.15, 0.2) is 30.3 Å². The van der Waals surface area contributed by atoms with Crippen LogP contribution in [0.1, 0.15) is 24.4 Å². The lowest BCUT2D eigenvalue weighted by Gasteiger charge is -2.34. The van der Waals surface area contributed by atoms with E-state index in [-0.39, 0.29) is 24.8 Å². The number of hydrogen-bond donors (Lipinski definition) is 2. The number of carboxylic acids is 1. The number of amides is 1. The number of nitrogens with one attached hydrogen (secondary N) is 1. The Balaban J connectivity index is 1.93. The molecule has 1 aliphatic rings. The summed E-state index contributed by atoms with van der Waals surface area (Å²) >= 11 is 0. The summed E-state index contributed by atoms with van der Waals surface area (Å²) in [6.45, 7) is 1.97. The summed E-state index contributed by atoms with van der Waals surface area (Å²) in [5.41, 5.74) is 1.15. The molecule has 19 heavy (non-hydrogen) atoms. The second-order valence-electron chi connectivity index (χ2n) is 4.65. The fraction of sp³-hybridized carbons (Fsp3) is 0.429. The van der Waals surface area contributed by atoms with E-state index in [2.05, 4.69) is 5.32 Å². The Morgan fingerprint density at radius 2 is 2.00 bits per heavy atom. The van der Waals surface area contributed by atoms with Gasteiger partial charge in [-0.15, -0.1) is 0 Å². The molecule has 5 nitrogen and oxygen atoms in total. The fourth-order valence-corrected chi connectivity index (χ4v) is 2.26. The van der Waals surface area contributed by atoms with Crippen molar-refractivity contribution in [2.45, 2.75) is 18.9 Å². The average molecular weight is 262 g/mol. The maximum Gasteiger partial charge on any atom is 0.303 e. The lowest BCUT2D eigenvalue weighted by atomic mass is 10.0. The van der Waals surface area contributed by atoms with Crippen LogP contribution in [0.3, 0.4) is 0 Å². The van der Waals surface area contributed by atoms with E-state index in [0.29, 0.717) is 13.1 Å². The summed E-state index contributed by atoms with van der Waals surface area (Å²) in [5, 5.41) is 12.0. The molecule has 0 bridgehead atoms. The first-order chi connectivity index (χ1) is 9.16. The number of rotatable bonds is 4. The van der Waals surface area contributed by atoms with Gasteiger partial charge in [0.15, 0.2) is 0 Å². The number of piperazine rings is 1. The predicted molar refractivity (Wildman–Crippen MR) is 70.6 cm³/mol. The quantitative estimate of drug-likeness (QED) is 0.850. The predicted octanol–water partition coefficient (Wildman–Crippen LogP) is 1.02. The molecular formula is C14H18N2O3. The van der Waals surface area contributed by atoms with Gasteiger partial charge in [0.2, 0.25) is 5.91 Å². The van der Waals surface area contributed by atoms with Crippen molar-refractivity contribution in [2.24, 2.45) is 0 Å². The number of carboxylic acid groups (broad SMARTS) is 1. The zero-order chi connectivity index (χ0) is 13.7. The van der Waals surface area contributed by atoms with E-state index in [1.807, 2.05) is 30.3 Å². The number of benzene rings is 1. The van der Waals surface area contributed by atoms with Crippen molar-refractivity contribution >= 4 is 11.9 Å². The Bertz CT molecular complexity index is 447. The molecule has 2 rings (SSSR count). The Morgan fingerprint density at radius 1 is 1.26 bits per heavy atom. The maximum atomic E-state index is 11.9. The first kappa shape index (κ1) is 13.5. The highest BCUT2D eigenvalue weighted by Crippen LogP contribution is 2.17. The Labute approximate surface area is 112 Å². The van der Waals surface area contributed by atoms with Crippen molar-refractivity contribution in [3.63, 3.8) is 0 Å². The van der Waals surface area contributed by atoms with Gasteiger partial charge in [0.05, 0.1) is 6.42 Å². The van der Waals surface area contributed by atoms with Gasteiger partial charge in [-0.25, -0.2) is 0 Å². The minimum absolute atomic E-state index is 0.0789. The third-order valence-corrected chi connectivity index (χ3v) is 3.28. The highest BCUT2D eigenvalue weighted by Gasteiger charge is 2.24. The molecule has 1 heterocycles. The van der Waals surface area contributed by atoms with Crippen LogP contribution in [0, 0.1) is 0 Å². The van der Waals surface area contributed by atoms with Gasteiger partial charge in [-0.3, -0.25) is 9.59 Å². The molecule has 1 saturated heterocycles.